The zero-order valence-electron chi connectivity index (χ0n) is 28.5. The van der Waals surface area contributed by atoms with Crippen molar-refractivity contribution in [3.63, 3.8) is 0 Å². The molecule has 1 heterocycles. The van der Waals surface area contributed by atoms with Gasteiger partial charge >= 0.3 is 23.9 Å². The second-order valence-corrected chi connectivity index (χ2v) is 12.9. The molecule has 52 heavy (non-hydrogen) atoms. The van der Waals surface area contributed by atoms with Gasteiger partial charge < -0.3 is 52.3 Å². The number of rotatable bonds is 20. The van der Waals surface area contributed by atoms with E-state index in [2.05, 4.69) is 31.9 Å². The third kappa shape index (κ3) is 13.9. The molecular formula is C32H42N6O13S. The lowest BCUT2D eigenvalue weighted by Gasteiger charge is -2.32. The van der Waals surface area contributed by atoms with Gasteiger partial charge in [0.1, 0.15) is 35.2 Å². The number of thioether (sulfide) groups is 1. The van der Waals surface area contributed by atoms with Crippen LogP contribution in [0.2, 0.25) is 0 Å². The van der Waals surface area contributed by atoms with E-state index in [1.807, 2.05) is 0 Å². The maximum absolute atomic E-state index is 13.3. The number of carbonyl (C=O) groups excluding carboxylic acids is 5. The fourth-order valence-corrected chi connectivity index (χ4v) is 6.07. The first-order valence-corrected chi connectivity index (χ1v) is 17.0. The highest BCUT2D eigenvalue weighted by Gasteiger charge is 2.36. The van der Waals surface area contributed by atoms with Crippen molar-refractivity contribution in [3.05, 3.63) is 47.2 Å². The van der Waals surface area contributed by atoms with Crippen LogP contribution in [0.15, 0.2) is 41.6 Å². The number of aliphatic carboxylic acids is 4. The van der Waals surface area contributed by atoms with E-state index in [-0.39, 0.29) is 42.7 Å². The summed E-state index contributed by atoms with van der Waals surface area (Å²) in [5.41, 5.74) is 0.470. The Labute approximate surface area is 301 Å². The normalized spacial score (nSPS) is 16.7. The third-order valence-corrected chi connectivity index (χ3v) is 8.85. The molecule has 10 N–H and O–H groups in total. The van der Waals surface area contributed by atoms with E-state index in [1.165, 1.54) is 13.8 Å². The molecule has 0 spiro atoms. The van der Waals surface area contributed by atoms with Crippen LogP contribution in [0, 0.1) is 0 Å². The average molecular weight is 751 g/mol. The highest BCUT2D eigenvalue weighted by molar-refractivity contribution is 8.00. The number of benzene rings is 1. The third-order valence-electron chi connectivity index (χ3n) is 7.59. The minimum atomic E-state index is -1.53. The van der Waals surface area contributed by atoms with Gasteiger partial charge in [0.25, 0.3) is 0 Å². The van der Waals surface area contributed by atoms with E-state index in [9.17, 15) is 58.5 Å². The van der Waals surface area contributed by atoms with E-state index in [0.29, 0.717) is 5.56 Å². The Balaban J connectivity index is 2.24. The molecule has 5 amide bonds. The van der Waals surface area contributed by atoms with E-state index < -0.39 is 95.4 Å². The summed E-state index contributed by atoms with van der Waals surface area (Å²) in [5, 5.41) is 51.4. The van der Waals surface area contributed by atoms with E-state index >= 15 is 0 Å². The number of carboxylic acid groups (broad SMARTS) is 4. The number of hydrogen-bond donors (Lipinski definition) is 10. The Morgan fingerprint density at radius 3 is 1.94 bits per heavy atom. The van der Waals surface area contributed by atoms with Crippen LogP contribution < -0.4 is 31.9 Å². The van der Waals surface area contributed by atoms with Gasteiger partial charge in [-0.1, -0.05) is 30.3 Å². The molecule has 0 saturated heterocycles. The minimum Gasteiger partial charge on any atom is -0.480 e. The van der Waals surface area contributed by atoms with Crippen molar-refractivity contribution in [1.82, 2.24) is 31.9 Å². The van der Waals surface area contributed by atoms with Gasteiger partial charge in [-0.25, -0.2) is 14.4 Å². The molecule has 0 aliphatic carbocycles. The number of amides is 5. The number of nitrogens with one attached hydrogen (secondary N) is 6. The van der Waals surface area contributed by atoms with E-state index in [0.717, 1.165) is 18.7 Å². The second kappa shape index (κ2) is 20.3. The summed E-state index contributed by atoms with van der Waals surface area (Å²) in [6.07, 6.45) is -1.31. The van der Waals surface area contributed by atoms with Gasteiger partial charge in [-0.2, -0.15) is 0 Å². The van der Waals surface area contributed by atoms with Gasteiger partial charge in [0.2, 0.25) is 29.5 Å². The van der Waals surface area contributed by atoms with Gasteiger partial charge in [0.05, 0.1) is 6.42 Å². The van der Waals surface area contributed by atoms with Crippen LogP contribution in [0.25, 0.3) is 0 Å². The summed E-state index contributed by atoms with van der Waals surface area (Å²) < 4.78 is 0. The van der Waals surface area contributed by atoms with Crippen LogP contribution in [0.4, 0.5) is 0 Å². The molecule has 0 aromatic heterocycles. The fourth-order valence-electron chi connectivity index (χ4n) is 4.82. The molecule has 0 fully saturated rings. The molecule has 1 aromatic rings. The van der Waals surface area contributed by atoms with Crippen LogP contribution in [0.3, 0.4) is 0 Å². The molecule has 6 unspecified atom stereocenters. The summed E-state index contributed by atoms with van der Waals surface area (Å²) in [4.78, 5) is 110. The van der Waals surface area contributed by atoms with Crippen LogP contribution in [0.1, 0.15) is 52.0 Å². The van der Waals surface area contributed by atoms with Gasteiger partial charge in [0, 0.05) is 19.1 Å². The Bertz CT molecular complexity index is 1570. The van der Waals surface area contributed by atoms with Crippen molar-refractivity contribution in [2.75, 3.05) is 5.75 Å². The van der Waals surface area contributed by atoms with E-state index in [4.69, 9.17) is 5.11 Å². The smallest absolute Gasteiger partial charge is 0.351 e. The minimum absolute atomic E-state index is 0.0528. The molecule has 2 rings (SSSR count). The highest BCUT2D eigenvalue weighted by atomic mass is 32.2. The molecule has 1 aliphatic rings. The van der Waals surface area contributed by atoms with E-state index in [1.54, 1.807) is 30.3 Å². The lowest BCUT2D eigenvalue weighted by atomic mass is 10.0. The number of hydrogen-bond acceptors (Lipinski definition) is 11. The van der Waals surface area contributed by atoms with Crippen LogP contribution >= 0.6 is 11.8 Å². The molecule has 20 heteroatoms. The van der Waals surface area contributed by atoms with Crippen molar-refractivity contribution < 1.29 is 63.6 Å². The molecule has 19 nitrogen and oxygen atoms in total. The molecule has 0 bridgehead atoms. The molecule has 284 valence electrons. The summed E-state index contributed by atoms with van der Waals surface area (Å²) in [6, 6.07) is 1.62. The first kappa shape index (κ1) is 42.5. The molecule has 0 saturated carbocycles. The largest absolute Gasteiger partial charge is 0.480 e. The molecule has 6 atom stereocenters. The SMILES string of the molecule is CC(=O)NC(CCC(=O)NC(CCC1=C(C(=O)O)NC(C(NC(=O)Cc2ccccc2)C(=O)O)SC1)C(=O)NC(C)C(=O)NC(C)C(=O)O)C(=O)O. The lowest BCUT2D eigenvalue weighted by molar-refractivity contribution is -0.142. The maximum atomic E-state index is 13.3. The van der Waals surface area contributed by atoms with Crippen LogP contribution in [0.5, 0.6) is 0 Å². The Morgan fingerprint density at radius 2 is 1.38 bits per heavy atom. The Kier molecular flexibility index (Phi) is 16.6. The summed E-state index contributed by atoms with van der Waals surface area (Å²) >= 11 is 0.986. The zero-order valence-corrected chi connectivity index (χ0v) is 29.3. The van der Waals surface area contributed by atoms with Crippen molar-refractivity contribution >= 4 is 65.2 Å². The second-order valence-electron chi connectivity index (χ2n) is 11.8. The monoisotopic (exact) mass is 750 g/mol. The van der Waals surface area contributed by atoms with Gasteiger partial charge in [-0.15, -0.1) is 11.8 Å². The van der Waals surface area contributed by atoms with Crippen molar-refractivity contribution in [2.24, 2.45) is 0 Å². The zero-order chi connectivity index (χ0) is 39.1. The predicted octanol–water partition coefficient (Wildman–Crippen LogP) is -1.47. The molecule has 0 radical (unpaired) electrons. The quantitative estimate of drug-likeness (QED) is 0.0728. The summed E-state index contributed by atoms with van der Waals surface area (Å²) in [7, 11) is 0. The molecule has 1 aliphatic heterocycles. The standard InChI is InChI=1S/C32H42N6O13S/c1-15(26(42)34-16(2)29(44)45)33-27(43)20(36-22(40)12-11-21(30(46)47)35-17(3)39)10-9-19-14-52-28(38-24(19)31(48)49)25(32(50)51)37-23(41)13-18-7-5-4-6-8-18/h4-8,15-16,20-21,25,28,38H,9-14H2,1-3H3,(H,33,43)(H,34,42)(H,35,39)(H,36,40)(H,37,41)(H,44,45)(H,46,47)(H,48,49)(H,50,51). The summed E-state index contributed by atoms with van der Waals surface area (Å²) in [5.74, 6) is -9.49. The van der Waals surface area contributed by atoms with Crippen LogP contribution in [-0.2, 0) is 49.6 Å². The van der Waals surface area contributed by atoms with Gasteiger partial charge in [0.15, 0.2) is 6.04 Å². The first-order valence-electron chi connectivity index (χ1n) is 15.9. The van der Waals surface area contributed by atoms with Crippen molar-refractivity contribution in [1.29, 1.82) is 0 Å². The van der Waals surface area contributed by atoms with Gasteiger partial charge in [-0.3, -0.25) is 28.8 Å². The lowest BCUT2D eigenvalue weighted by Crippen LogP contribution is -2.55. The maximum Gasteiger partial charge on any atom is 0.351 e. The number of carboxylic acids is 4. The molecular weight excluding hydrogens is 708 g/mol. The Morgan fingerprint density at radius 1 is 0.750 bits per heavy atom. The Hall–Kier alpha value is -5.66. The highest BCUT2D eigenvalue weighted by Crippen LogP contribution is 2.28. The van der Waals surface area contributed by atoms with Crippen LogP contribution in [-0.4, -0.2) is 115 Å². The summed E-state index contributed by atoms with van der Waals surface area (Å²) in [6.45, 7) is 3.56. The number of carbonyl (C=O) groups is 9. The van der Waals surface area contributed by atoms with Gasteiger partial charge in [-0.05, 0) is 44.2 Å². The predicted molar refractivity (Wildman–Crippen MR) is 182 cm³/mol. The fraction of sp³-hybridized carbons (Fsp3) is 0.469. The topological polar surface area (TPSA) is 307 Å². The molecule has 1 aromatic carbocycles. The first-order chi connectivity index (χ1) is 24.4. The van der Waals surface area contributed by atoms with Crippen molar-refractivity contribution in [3.8, 4) is 0 Å². The van der Waals surface area contributed by atoms with Crippen molar-refractivity contribution in [2.45, 2.75) is 88.5 Å². The average Bonchev–Trinajstić information content (AvgIpc) is 3.07.